The molecule has 118 valence electrons. The molecule has 5 nitrogen and oxygen atoms in total. The third-order valence-corrected chi connectivity index (χ3v) is 6.69. The number of rotatable bonds is 5. The molecule has 1 aromatic rings. The highest BCUT2D eigenvalue weighted by Gasteiger charge is 2.32. The van der Waals surface area contributed by atoms with Crippen LogP contribution in [0.25, 0.3) is 0 Å². The zero-order valence-corrected chi connectivity index (χ0v) is 14.0. The molecule has 2 aliphatic rings. The lowest BCUT2D eigenvalue weighted by Crippen LogP contribution is -2.47. The smallest absolute Gasteiger partial charge is 0.244 e. The maximum atomic E-state index is 12.7. The molecule has 2 atom stereocenters. The Balaban J connectivity index is 1.71. The molecular weight excluding hydrogens is 308 g/mol. The van der Waals surface area contributed by atoms with Crippen molar-refractivity contribution in [1.82, 2.24) is 9.62 Å². The second-order valence-corrected chi connectivity index (χ2v) is 8.92. The summed E-state index contributed by atoms with van der Waals surface area (Å²) in [4.78, 5) is 1.50. The van der Waals surface area contributed by atoms with Gasteiger partial charge in [0.25, 0.3) is 0 Å². The summed E-state index contributed by atoms with van der Waals surface area (Å²) in [6.07, 6.45) is 2.36. The van der Waals surface area contributed by atoms with Gasteiger partial charge in [-0.05, 0) is 32.8 Å². The van der Waals surface area contributed by atoms with Crippen LogP contribution in [0.4, 0.5) is 0 Å². The van der Waals surface area contributed by atoms with E-state index in [4.69, 9.17) is 4.74 Å². The predicted molar refractivity (Wildman–Crippen MR) is 82.9 cm³/mol. The van der Waals surface area contributed by atoms with Crippen molar-refractivity contribution in [3.8, 4) is 0 Å². The van der Waals surface area contributed by atoms with E-state index in [0.29, 0.717) is 24.0 Å². The molecular formula is C14H22N2O3S2. The van der Waals surface area contributed by atoms with Gasteiger partial charge in [-0.15, -0.1) is 11.3 Å². The van der Waals surface area contributed by atoms with Gasteiger partial charge in [0.15, 0.2) is 0 Å². The minimum absolute atomic E-state index is 0.0573. The van der Waals surface area contributed by atoms with Crippen molar-refractivity contribution in [1.29, 1.82) is 0 Å². The molecule has 7 heteroatoms. The van der Waals surface area contributed by atoms with Gasteiger partial charge in [-0.25, -0.2) is 8.42 Å². The van der Waals surface area contributed by atoms with Gasteiger partial charge < -0.3 is 10.1 Å². The Morgan fingerprint density at radius 2 is 2.00 bits per heavy atom. The second kappa shape index (κ2) is 5.96. The first kappa shape index (κ1) is 15.4. The fourth-order valence-corrected chi connectivity index (χ4v) is 5.40. The van der Waals surface area contributed by atoms with E-state index in [1.54, 1.807) is 15.8 Å². The predicted octanol–water partition coefficient (Wildman–Crippen LogP) is 1.80. The molecule has 3 rings (SSSR count). The van der Waals surface area contributed by atoms with Crippen LogP contribution >= 0.6 is 11.3 Å². The average molecular weight is 330 g/mol. The van der Waals surface area contributed by atoms with Gasteiger partial charge in [0.05, 0.1) is 17.1 Å². The molecule has 0 amide bonds. The third-order valence-electron chi connectivity index (χ3n) is 3.80. The molecule has 1 saturated heterocycles. The van der Waals surface area contributed by atoms with Gasteiger partial charge in [0, 0.05) is 35.9 Å². The normalized spacial score (nSPS) is 27.9. The number of nitrogens with one attached hydrogen (secondary N) is 1. The molecule has 1 N–H and O–H groups in total. The largest absolute Gasteiger partial charge is 0.373 e. The third kappa shape index (κ3) is 3.65. The fraction of sp³-hybridized carbons (Fsp3) is 0.714. The summed E-state index contributed by atoms with van der Waals surface area (Å²) >= 11 is 1.51. The van der Waals surface area contributed by atoms with Crippen LogP contribution in [0.5, 0.6) is 0 Å². The van der Waals surface area contributed by atoms with Gasteiger partial charge in [-0.3, -0.25) is 0 Å². The lowest BCUT2D eigenvalue weighted by atomic mass is 10.3. The Hall–Kier alpha value is -0.470. The van der Waals surface area contributed by atoms with Crippen LogP contribution in [0.2, 0.25) is 0 Å². The molecule has 0 bridgehead atoms. The number of thiophene rings is 1. The molecule has 21 heavy (non-hydrogen) atoms. The van der Waals surface area contributed by atoms with E-state index < -0.39 is 10.0 Å². The first-order valence-corrected chi connectivity index (χ1v) is 9.73. The van der Waals surface area contributed by atoms with E-state index in [2.05, 4.69) is 5.32 Å². The number of hydrogen-bond donors (Lipinski definition) is 1. The first-order chi connectivity index (χ1) is 9.95. The van der Waals surface area contributed by atoms with E-state index in [0.717, 1.165) is 11.4 Å². The Morgan fingerprint density at radius 1 is 1.33 bits per heavy atom. The number of nitrogens with zero attached hydrogens (tertiary/aromatic N) is 1. The molecule has 0 radical (unpaired) electrons. The van der Waals surface area contributed by atoms with Gasteiger partial charge in [0.1, 0.15) is 0 Å². The first-order valence-electron chi connectivity index (χ1n) is 7.41. The van der Waals surface area contributed by atoms with Gasteiger partial charge in [-0.2, -0.15) is 4.31 Å². The van der Waals surface area contributed by atoms with Gasteiger partial charge in [-0.1, -0.05) is 0 Å². The topological polar surface area (TPSA) is 58.6 Å². The Labute approximate surface area is 130 Å². The summed E-state index contributed by atoms with van der Waals surface area (Å²) in [5, 5.41) is 5.17. The van der Waals surface area contributed by atoms with Gasteiger partial charge in [0.2, 0.25) is 10.0 Å². The van der Waals surface area contributed by atoms with Crippen molar-refractivity contribution in [2.24, 2.45) is 0 Å². The summed E-state index contributed by atoms with van der Waals surface area (Å²) in [6, 6.07) is 2.44. The highest BCUT2D eigenvalue weighted by Crippen LogP contribution is 2.26. The SMILES string of the molecule is CC1CN(S(=O)(=O)c2csc(CNC3CC3)c2)CC(C)O1. The zero-order valence-electron chi connectivity index (χ0n) is 12.4. The van der Waals surface area contributed by atoms with Crippen LogP contribution in [-0.4, -0.2) is 44.1 Å². The highest BCUT2D eigenvalue weighted by atomic mass is 32.2. The fourth-order valence-electron chi connectivity index (χ4n) is 2.60. The highest BCUT2D eigenvalue weighted by molar-refractivity contribution is 7.89. The van der Waals surface area contributed by atoms with E-state index in [9.17, 15) is 8.42 Å². The molecule has 2 heterocycles. The van der Waals surface area contributed by atoms with Crippen molar-refractivity contribution in [2.75, 3.05) is 13.1 Å². The summed E-state index contributed by atoms with van der Waals surface area (Å²) in [7, 11) is -3.39. The van der Waals surface area contributed by atoms with Crippen LogP contribution in [-0.2, 0) is 21.3 Å². The quantitative estimate of drug-likeness (QED) is 0.894. The average Bonchev–Trinajstić information content (AvgIpc) is 3.11. The Morgan fingerprint density at radius 3 is 2.62 bits per heavy atom. The summed E-state index contributed by atoms with van der Waals surface area (Å²) in [5.74, 6) is 0. The van der Waals surface area contributed by atoms with Crippen LogP contribution in [0.1, 0.15) is 31.6 Å². The molecule has 2 unspecified atom stereocenters. The van der Waals surface area contributed by atoms with E-state index in [1.165, 1.54) is 24.2 Å². The standard InChI is InChI=1S/C14H22N2O3S2/c1-10-7-16(8-11(2)19-10)21(17,18)14-5-13(20-9-14)6-15-12-3-4-12/h5,9-12,15H,3-4,6-8H2,1-2H3. The van der Waals surface area contributed by atoms with Crippen LogP contribution in [0.3, 0.4) is 0 Å². The lowest BCUT2D eigenvalue weighted by Gasteiger charge is -2.34. The monoisotopic (exact) mass is 330 g/mol. The van der Waals surface area contributed by atoms with E-state index in [1.807, 2.05) is 13.8 Å². The maximum absolute atomic E-state index is 12.7. The number of ether oxygens (including phenoxy) is 1. The Kier molecular flexibility index (Phi) is 4.38. The lowest BCUT2D eigenvalue weighted by molar-refractivity contribution is -0.0440. The molecule has 0 aromatic carbocycles. The van der Waals surface area contributed by atoms with Crippen LogP contribution in [0.15, 0.2) is 16.3 Å². The molecule has 1 saturated carbocycles. The second-order valence-electron chi connectivity index (χ2n) is 5.98. The molecule has 1 aliphatic heterocycles. The summed E-state index contributed by atoms with van der Waals surface area (Å²) in [6.45, 7) is 5.45. The molecule has 2 fully saturated rings. The maximum Gasteiger partial charge on any atom is 0.244 e. The molecule has 1 aliphatic carbocycles. The minimum atomic E-state index is -3.39. The number of morpholine rings is 1. The van der Waals surface area contributed by atoms with Crippen molar-refractivity contribution in [3.63, 3.8) is 0 Å². The van der Waals surface area contributed by atoms with Crippen molar-refractivity contribution in [2.45, 2.75) is 56.4 Å². The molecule has 1 aromatic heterocycles. The number of sulfonamides is 1. The zero-order chi connectivity index (χ0) is 15.0. The van der Waals surface area contributed by atoms with E-state index >= 15 is 0 Å². The van der Waals surface area contributed by atoms with Crippen molar-refractivity contribution < 1.29 is 13.2 Å². The van der Waals surface area contributed by atoms with Crippen molar-refractivity contribution in [3.05, 3.63) is 16.3 Å². The van der Waals surface area contributed by atoms with Crippen LogP contribution < -0.4 is 5.32 Å². The minimum Gasteiger partial charge on any atom is -0.373 e. The molecule has 0 spiro atoms. The van der Waals surface area contributed by atoms with Crippen molar-refractivity contribution >= 4 is 21.4 Å². The van der Waals surface area contributed by atoms with E-state index in [-0.39, 0.29) is 12.2 Å². The van der Waals surface area contributed by atoms with Gasteiger partial charge >= 0.3 is 0 Å². The number of hydrogen-bond acceptors (Lipinski definition) is 5. The summed E-state index contributed by atoms with van der Waals surface area (Å²) in [5.41, 5.74) is 0. The summed E-state index contributed by atoms with van der Waals surface area (Å²) < 4.78 is 32.6. The Bertz CT molecular complexity index is 585. The van der Waals surface area contributed by atoms with Crippen LogP contribution in [0, 0.1) is 0 Å².